The minimum atomic E-state index is 0.886. The maximum absolute atomic E-state index is 2.38. The third kappa shape index (κ3) is 6.69. The van der Waals surface area contributed by atoms with Gasteiger partial charge < -0.3 is 0 Å². The van der Waals surface area contributed by atoms with Crippen LogP contribution in [0.15, 0.2) is 0 Å². The maximum Gasteiger partial charge on any atom is -0.0300 e. The van der Waals surface area contributed by atoms with E-state index in [2.05, 4.69) is 34.6 Å². The molecule has 0 bridgehead atoms. The second kappa shape index (κ2) is 6.51. The molecule has 0 heteroatoms. The van der Waals surface area contributed by atoms with Gasteiger partial charge in [-0.25, -0.2) is 0 Å². The summed E-state index contributed by atoms with van der Waals surface area (Å²) in [5.74, 6) is 3.38. The van der Waals surface area contributed by atoms with Crippen LogP contribution in [0.3, 0.4) is 0 Å². The van der Waals surface area contributed by atoms with Gasteiger partial charge in [0.25, 0.3) is 0 Å². The van der Waals surface area contributed by atoms with E-state index in [-0.39, 0.29) is 0 Å². The summed E-state index contributed by atoms with van der Waals surface area (Å²) in [7, 11) is 0. The van der Waals surface area contributed by atoms with Crippen LogP contribution in [0.5, 0.6) is 0 Å². The zero-order chi connectivity index (χ0) is 9.56. The Morgan fingerprint density at radius 2 is 1.67 bits per heavy atom. The Morgan fingerprint density at radius 1 is 1.08 bits per heavy atom. The molecular formula is C12H25. The summed E-state index contributed by atoms with van der Waals surface area (Å²) in [5, 5.41) is 0. The molecule has 0 heterocycles. The summed E-state index contributed by atoms with van der Waals surface area (Å²) in [6.45, 7) is 11.5. The van der Waals surface area contributed by atoms with Crippen LogP contribution >= 0.6 is 0 Å². The zero-order valence-corrected chi connectivity index (χ0v) is 9.48. The molecule has 0 N–H and O–H groups in total. The van der Waals surface area contributed by atoms with E-state index < -0.39 is 0 Å². The molecule has 0 aliphatic carbocycles. The van der Waals surface area contributed by atoms with E-state index >= 15 is 0 Å². The lowest BCUT2D eigenvalue weighted by Crippen LogP contribution is -2.05. The lowest BCUT2D eigenvalue weighted by molar-refractivity contribution is 0.380. The van der Waals surface area contributed by atoms with Crippen molar-refractivity contribution in [2.45, 2.75) is 60.3 Å². The Balaban J connectivity index is 3.46. The van der Waals surface area contributed by atoms with E-state index in [9.17, 15) is 0 Å². The minimum absolute atomic E-state index is 0.886. The Kier molecular flexibility index (Phi) is 6.51. The predicted octanol–water partition coefficient (Wildman–Crippen LogP) is 4.45. The van der Waals surface area contributed by atoms with Crippen molar-refractivity contribution in [3.63, 3.8) is 0 Å². The first-order valence-electron chi connectivity index (χ1n) is 5.35. The first-order chi connectivity index (χ1) is 5.56. The van der Waals surface area contributed by atoms with Gasteiger partial charge in [-0.15, -0.1) is 0 Å². The third-order valence-corrected chi connectivity index (χ3v) is 2.34. The number of hydrogen-bond acceptors (Lipinski definition) is 0. The highest BCUT2D eigenvalue weighted by atomic mass is 14.1. The second-order valence-corrected chi connectivity index (χ2v) is 4.65. The van der Waals surface area contributed by atoms with Crippen molar-refractivity contribution in [1.82, 2.24) is 0 Å². The molecule has 0 fully saturated rings. The van der Waals surface area contributed by atoms with Crippen molar-refractivity contribution in [3.05, 3.63) is 5.92 Å². The first-order valence-corrected chi connectivity index (χ1v) is 5.35. The average molecular weight is 169 g/mol. The summed E-state index contributed by atoms with van der Waals surface area (Å²) in [6.07, 6.45) is 5.45. The van der Waals surface area contributed by atoms with Gasteiger partial charge in [0.1, 0.15) is 0 Å². The van der Waals surface area contributed by atoms with Crippen molar-refractivity contribution in [2.24, 2.45) is 11.8 Å². The van der Waals surface area contributed by atoms with Crippen LogP contribution < -0.4 is 0 Å². The van der Waals surface area contributed by atoms with Crippen molar-refractivity contribution in [3.8, 4) is 0 Å². The monoisotopic (exact) mass is 169 g/mol. The van der Waals surface area contributed by atoms with Crippen LogP contribution in [0.4, 0.5) is 0 Å². The summed E-state index contributed by atoms with van der Waals surface area (Å²) in [6, 6.07) is 0. The van der Waals surface area contributed by atoms with Crippen LogP contribution in [0.25, 0.3) is 0 Å². The molecule has 0 aromatic rings. The molecular weight excluding hydrogens is 144 g/mol. The fraction of sp³-hybridized carbons (Fsp3) is 0.917. The zero-order valence-electron chi connectivity index (χ0n) is 9.48. The molecule has 0 aliphatic heterocycles. The van der Waals surface area contributed by atoms with Gasteiger partial charge in [-0.05, 0) is 30.6 Å². The van der Waals surface area contributed by atoms with Crippen molar-refractivity contribution in [1.29, 1.82) is 0 Å². The van der Waals surface area contributed by atoms with Crippen molar-refractivity contribution >= 4 is 0 Å². The number of rotatable bonds is 6. The fourth-order valence-corrected chi connectivity index (χ4v) is 2.08. The second-order valence-electron chi connectivity index (χ2n) is 4.65. The highest BCUT2D eigenvalue weighted by Crippen LogP contribution is 2.22. The lowest BCUT2D eigenvalue weighted by atomic mass is 9.88. The van der Waals surface area contributed by atoms with E-state index in [0.717, 1.165) is 11.8 Å². The summed E-state index contributed by atoms with van der Waals surface area (Å²) in [5.41, 5.74) is 0. The van der Waals surface area contributed by atoms with Gasteiger partial charge in [-0.2, -0.15) is 0 Å². The molecule has 73 valence electrons. The van der Waals surface area contributed by atoms with Crippen LogP contribution in [0.2, 0.25) is 0 Å². The average Bonchev–Trinajstić information content (AvgIpc) is 1.84. The van der Waals surface area contributed by atoms with E-state index in [1.54, 1.807) is 5.92 Å². The van der Waals surface area contributed by atoms with E-state index in [4.69, 9.17) is 0 Å². The van der Waals surface area contributed by atoms with Crippen LogP contribution in [-0.4, -0.2) is 0 Å². The van der Waals surface area contributed by atoms with Gasteiger partial charge in [0.2, 0.25) is 0 Å². The van der Waals surface area contributed by atoms with Crippen LogP contribution in [0, 0.1) is 17.8 Å². The normalized spacial score (nSPS) is 16.5. The van der Waals surface area contributed by atoms with Gasteiger partial charge in [0, 0.05) is 0 Å². The van der Waals surface area contributed by atoms with E-state index in [1.807, 2.05) is 0 Å². The standard InChI is InChI=1S/C12H25/c1-6-7-11(4)9-12(5)8-10(2)3/h11-12H,6-9H2,1-5H3. The predicted molar refractivity (Wildman–Crippen MR) is 57.1 cm³/mol. The van der Waals surface area contributed by atoms with Gasteiger partial charge in [-0.1, -0.05) is 47.5 Å². The quantitative estimate of drug-likeness (QED) is 0.551. The summed E-state index contributed by atoms with van der Waals surface area (Å²) < 4.78 is 0. The Labute approximate surface area is 78.8 Å². The van der Waals surface area contributed by atoms with Crippen molar-refractivity contribution in [2.75, 3.05) is 0 Å². The Morgan fingerprint density at radius 3 is 2.08 bits per heavy atom. The summed E-state index contributed by atoms with van der Waals surface area (Å²) in [4.78, 5) is 0. The first kappa shape index (κ1) is 12.0. The van der Waals surface area contributed by atoms with Gasteiger partial charge in [0.15, 0.2) is 0 Å². The molecule has 0 aromatic carbocycles. The molecule has 0 aliphatic rings. The molecule has 0 rings (SSSR count). The van der Waals surface area contributed by atoms with E-state index in [1.165, 1.54) is 25.7 Å². The van der Waals surface area contributed by atoms with Crippen LogP contribution in [-0.2, 0) is 0 Å². The van der Waals surface area contributed by atoms with Gasteiger partial charge >= 0.3 is 0 Å². The number of hydrogen-bond donors (Lipinski definition) is 0. The smallest absolute Gasteiger partial charge is 0.0300 e. The molecule has 0 aromatic heterocycles. The Bertz CT molecular complexity index is 94.2. The maximum atomic E-state index is 2.38. The molecule has 0 spiro atoms. The summed E-state index contributed by atoms with van der Waals surface area (Å²) >= 11 is 0. The molecule has 2 unspecified atom stereocenters. The molecule has 0 saturated carbocycles. The molecule has 12 heavy (non-hydrogen) atoms. The molecule has 1 radical (unpaired) electrons. The van der Waals surface area contributed by atoms with Gasteiger partial charge in [0.05, 0.1) is 0 Å². The van der Waals surface area contributed by atoms with E-state index in [0.29, 0.717) is 0 Å². The SMILES string of the molecule is CCCC(C)CC(C)C[C](C)C. The topological polar surface area (TPSA) is 0 Å². The van der Waals surface area contributed by atoms with Crippen molar-refractivity contribution < 1.29 is 0 Å². The van der Waals surface area contributed by atoms with Gasteiger partial charge in [-0.3, -0.25) is 0 Å². The third-order valence-electron chi connectivity index (χ3n) is 2.34. The molecule has 0 nitrogen and oxygen atoms in total. The van der Waals surface area contributed by atoms with Crippen LogP contribution in [0.1, 0.15) is 60.3 Å². The highest BCUT2D eigenvalue weighted by molar-refractivity contribution is 4.79. The Hall–Kier alpha value is 0. The molecule has 0 amide bonds. The fourth-order valence-electron chi connectivity index (χ4n) is 2.08. The highest BCUT2D eigenvalue weighted by Gasteiger charge is 2.09. The largest absolute Gasteiger partial charge is 0.0654 e. The molecule has 0 saturated heterocycles. The molecule has 2 atom stereocenters. The lowest BCUT2D eigenvalue weighted by Gasteiger charge is -2.17. The minimum Gasteiger partial charge on any atom is -0.0654 e.